The lowest BCUT2D eigenvalue weighted by molar-refractivity contribution is -0.127. The lowest BCUT2D eigenvalue weighted by atomic mass is 9.75. The number of fused-ring (bicyclic) bond motifs is 6. The molecule has 0 saturated heterocycles. The first kappa shape index (κ1) is 22.6. The van der Waals surface area contributed by atoms with E-state index < -0.39 is 41.0 Å². The summed E-state index contributed by atoms with van der Waals surface area (Å²) in [6.45, 7) is 3.20. The van der Waals surface area contributed by atoms with Crippen molar-refractivity contribution < 1.29 is 48.5 Å². The zero-order valence-corrected chi connectivity index (χ0v) is 19.4. The minimum Gasteiger partial charge on any atom is -0.507 e. The Labute approximate surface area is 195 Å². The second-order valence-electron chi connectivity index (χ2n) is 9.03. The van der Waals surface area contributed by atoms with E-state index in [1.165, 1.54) is 39.5 Å². The number of ether oxygens (including phenoxy) is 6. The minimum atomic E-state index is -2.18. The molecule has 10 nitrogen and oxygen atoms in total. The van der Waals surface area contributed by atoms with Gasteiger partial charge in [0.1, 0.15) is 53.0 Å². The van der Waals surface area contributed by atoms with E-state index in [1.54, 1.807) is 13.8 Å². The number of carbonyl (C=O) groups is 1. The summed E-state index contributed by atoms with van der Waals surface area (Å²) in [5.74, 6) is -0.161. The van der Waals surface area contributed by atoms with Gasteiger partial charge in [0.05, 0.1) is 19.8 Å². The quantitative estimate of drug-likeness (QED) is 0.605. The van der Waals surface area contributed by atoms with Gasteiger partial charge in [0.15, 0.2) is 23.2 Å². The average molecular weight is 474 g/mol. The molecule has 3 aliphatic rings. The Morgan fingerprint density at radius 2 is 1.74 bits per heavy atom. The van der Waals surface area contributed by atoms with Crippen LogP contribution in [0, 0.1) is 0 Å². The number of aliphatic hydroxyl groups excluding tert-OH is 1. The van der Waals surface area contributed by atoms with Gasteiger partial charge in [-0.3, -0.25) is 4.79 Å². The van der Waals surface area contributed by atoms with Crippen LogP contribution in [0.4, 0.5) is 0 Å². The molecule has 0 unspecified atom stereocenters. The van der Waals surface area contributed by atoms with Gasteiger partial charge in [0.2, 0.25) is 5.78 Å². The Balaban J connectivity index is 1.72. The average Bonchev–Trinajstić information content (AvgIpc) is 2.80. The summed E-state index contributed by atoms with van der Waals surface area (Å²) in [5, 5.41) is 33.4. The van der Waals surface area contributed by atoms with Crippen molar-refractivity contribution in [2.45, 2.75) is 43.4 Å². The first-order chi connectivity index (χ1) is 16.1. The lowest BCUT2D eigenvalue weighted by Gasteiger charge is -2.46. The maximum absolute atomic E-state index is 13.8. The molecule has 34 heavy (non-hydrogen) atoms. The van der Waals surface area contributed by atoms with Gasteiger partial charge in [0.25, 0.3) is 0 Å². The third-order valence-electron chi connectivity index (χ3n) is 6.76. The molecule has 0 amide bonds. The molecule has 0 saturated carbocycles. The zero-order valence-electron chi connectivity index (χ0n) is 19.4. The Kier molecular flexibility index (Phi) is 4.91. The van der Waals surface area contributed by atoms with Gasteiger partial charge in [-0.2, -0.15) is 0 Å². The molecule has 2 aromatic rings. The van der Waals surface area contributed by atoms with Crippen molar-refractivity contribution in [3.05, 3.63) is 34.9 Å². The van der Waals surface area contributed by atoms with E-state index in [2.05, 4.69) is 0 Å². The van der Waals surface area contributed by atoms with Crippen molar-refractivity contribution in [3.63, 3.8) is 0 Å². The van der Waals surface area contributed by atoms with Crippen molar-refractivity contribution in [2.75, 3.05) is 27.9 Å². The van der Waals surface area contributed by atoms with Crippen molar-refractivity contribution in [3.8, 4) is 34.5 Å². The molecule has 0 spiro atoms. The van der Waals surface area contributed by atoms with E-state index in [9.17, 15) is 20.1 Å². The van der Waals surface area contributed by atoms with Crippen LogP contribution in [-0.4, -0.2) is 66.8 Å². The Morgan fingerprint density at radius 3 is 2.38 bits per heavy atom. The molecule has 3 aliphatic heterocycles. The van der Waals surface area contributed by atoms with Gasteiger partial charge in [0, 0.05) is 24.8 Å². The van der Waals surface area contributed by atoms with Gasteiger partial charge in [-0.15, -0.1) is 0 Å². The van der Waals surface area contributed by atoms with Crippen LogP contribution in [0.15, 0.2) is 18.2 Å². The number of rotatable bonds is 3. The number of phenolic OH excluding ortho intramolecular Hbond substituents is 1. The summed E-state index contributed by atoms with van der Waals surface area (Å²) in [5.41, 5.74) is -3.05. The predicted molar refractivity (Wildman–Crippen MR) is 116 cm³/mol. The topological polar surface area (TPSA) is 133 Å². The van der Waals surface area contributed by atoms with Gasteiger partial charge in [-0.25, -0.2) is 0 Å². The summed E-state index contributed by atoms with van der Waals surface area (Å²) in [6, 6.07) is 4.24. The third-order valence-corrected chi connectivity index (χ3v) is 6.76. The van der Waals surface area contributed by atoms with Crippen LogP contribution < -0.4 is 23.7 Å². The van der Waals surface area contributed by atoms with Crippen LogP contribution in [0.1, 0.15) is 41.4 Å². The lowest BCUT2D eigenvalue weighted by Crippen LogP contribution is -2.58. The molecule has 3 N–H and O–H groups in total. The Morgan fingerprint density at radius 1 is 1.06 bits per heavy atom. The fraction of sp³-hybridized carbons (Fsp3) is 0.458. The normalized spacial score (nSPS) is 28.2. The van der Waals surface area contributed by atoms with Crippen molar-refractivity contribution in [1.29, 1.82) is 0 Å². The van der Waals surface area contributed by atoms with Crippen LogP contribution in [0.3, 0.4) is 0 Å². The number of aromatic hydroxyl groups is 1. The summed E-state index contributed by atoms with van der Waals surface area (Å²) in [7, 11) is 4.31. The fourth-order valence-electron chi connectivity index (χ4n) is 4.90. The summed E-state index contributed by atoms with van der Waals surface area (Å²) >= 11 is 0. The number of carbonyl (C=O) groups excluding carboxylic acids is 1. The summed E-state index contributed by atoms with van der Waals surface area (Å²) < 4.78 is 34.0. The molecule has 182 valence electrons. The van der Waals surface area contributed by atoms with Crippen LogP contribution >= 0.6 is 0 Å². The monoisotopic (exact) mass is 474 g/mol. The number of hydrogen-bond donors (Lipinski definition) is 3. The van der Waals surface area contributed by atoms with Crippen LogP contribution in [0.5, 0.6) is 34.5 Å². The molecule has 5 rings (SSSR count). The van der Waals surface area contributed by atoms with E-state index >= 15 is 0 Å². The largest absolute Gasteiger partial charge is 0.507 e. The molecule has 10 heteroatoms. The number of phenols is 1. The van der Waals surface area contributed by atoms with E-state index in [-0.39, 0.29) is 46.3 Å². The fourth-order valence-corrected chi connectivity index (χ4v) is 4.90. The molecular weight excluding hydrogens is 448 g/mol. The van der Waals surface area contributed by atoms with E-state index in [0.717, 1.165) is 0 Å². The Hall–Kier alpha value is -3.21. The van der Waals surface area contributed by atoms with Gasteiger partial charge >= 0.3 is 0 Å². The van der Waals surface area contributed by atoms with Gasteiger partial charge in [-0.1, -0.05) is 0 Å². The molecular formula is C24H26O10. The van der Waals surface area contributed by atoms with Crippen LogP contribution in [-0.2, 0) is 10.3 Å². The molecule has 4 atom stereocenters. The molecule has 0 radical (unpaired) electrons. The van der Waals surface area contributed by atoms with Crippen molar-refractivity contribution in [1.82, 2.24) is 0 Å². The van der Waals surface area contributed by atoms with Crippen LogP contribution in [0.25, 0.3) is 0 Å². The van der Waals surface area contributed by atoms with E-state index in [4.69, 9.17) is 28.4 Å². The second kappa shape index (κ2) is 7.39. The molecule has 0 fully saturated rings. The minimum absolute atomic E-state index is 0.0244. The molecule has 3 heterocycles. The number of benzene rings is 2. The Bertz CT molecular complexity index is 1190. The number of aliphatic hydroxyl groups is 2. The molecule has 2 aromatic carbocycles. The third kappa shape index (κ3) is 2.82. The molecule has 0 aliphatic carbocycles. The second-order valence-corrected chi connectivity index (χ2v) is 9.03. The van der Waals surface area contributed by atoms with Crippen LogP contribution in [0.2, 0.25) is 0 Å². The number of ketones is 1. The zero-order chi connectivity index (χ0) is 24.6. The highest BCUT2D eigenvalue weighted by Crippen LogP contribution is 2.56. The van der Waals surface area contributed by atoms with Gasteiger partial charge in [-0.05, 0) is 19.9 Å². The highest BCUT2D eigenvalue weighted by molar-refractivity contribution is 6.09. The SMILES string of the molecule is COc1cc2c(cc1OC)[C@]1(O)C(=O)c3c(O)cc4c(c3O[C@@H]1CO2)[C@@H](OC)[C@H](O)C(C)(C)O4. The van der Waals surface area contributed by atoms with E-state index in [1.807, 2.05) is 0 Å². The molecule has 0 bridgehead atoms. The maximum atomic E-state index is 13.8. The highest BCUT2D eigenvalue weighted by atomic mass is 16.6. The van der Waals surface area contributed by atoms with Crippen molar-refractivity contribution >= 4 is 5.78 Å². The van der Waals surface area contributed by atoms with Crippen molar-refractivity contribution in [2.24, 2.45) is 0 Å². The number of Topliss-reactive ketones (excluding diaryl/α,β-unsaturated/α-hetero) is 1. The first-order valence-electron chi connectivity index (χ1n) is 10.7. The summed E-state index contributed by atoms with van der Waals surface area (Å²) in [4.78, 5) is 13.8. The standard InChI is InChI=1S/C24H26O10/c1-23(2)22(27)20(31-5)18-15(34-23)7-11(25)17-19(18)33-16-9-32-12-8-14(30-4)13(29-3)6-10(12)24(16,28)21(17)26/h6-8,16,20,22,25,27-28H,9H2,1-5H3/t16-,20-,22+,24-/m1/s1. The maximum Gasteiger partial charge on any atom is 0.210 e. The summed E-state index contributed by atoms with van der Waals surface area (Å²) in [6.07, 6.45) is -3.17. The molecule has 0 aromatic heterocycles. The first-order valence-corrected chi connectivity index (χ1v) is 10.7. The van der Waals surface area contributed by atoms with E-state index in [0.29, 0.717) is 5.75 Å². The predicted octanol–water partition coefficient (Wildman–Crippen LogP) is 1.85. The smallest absolute Gasteiger partial charge is 0.210 e. The number of hydrogen-bond acceptors (Lipinski definition) is 10. The number of methoxy groups -OCH3 is 3. The van der Waals surface area contributed by atoms with Gasteiger partial charge < -0.3 is 43.7 Å². The highest BCUT2D eigenvalue weighted by Gasteiger charge is 2.59.